The van der Waals surface area contributed by atoms with E-state index in [0.29, 0.717) is 23.7 Å². The topological polar surface area (TPSA) is 65.1 Å². The summed E-state index contributed by atoms with van der Waals surface area (Å²) in [5.41, 5.74) is 2.14. The Morgan fingerprint density at radius 2 is 2.20 bits per heavy atom. The summed E-state index contributed by atoms with van der Waals surface area (Å²) in [6.07, 6.45) is 7.33. The second-order valence-electron chi connectivity index (χ2n) is 6.90. The Morgan fingerprint density at radius 3 is 3.08 bits per heavy atom. The second-order valence-corrected chi connectivity index (χ2v) is 6.90. The van der Waals surface area contributed by atoms with Crippen molar-refractivity contribution in [2.45, 2.75) is 38.0 Å². The fourth-order valence-corrected chi connectivity index (χ4v) is 3.38. The van der Waals surface area contributed by atoms with Gasteiger partial charge < -0.3 is 14.5 Å². The summed E-state index contributed by atoms with van der Waals surface area (Å²) < 4.78 is 26.8. The highest BCUT2D eigenvalue weighted by atomic mass is 19.1. The minimum atomic E-state index is -0.333. The van der Waals surface area contributed by atoms with E-state index >= 15 is 0 Å². The smallest absolute Gasteiger partial charge is 0.296 e. The van der Waals surface area contributed by atoms with Gasteiger partial charge in [0.1, 0.15) is 17.4 Å². The third-order valence-electron chi connectivity index (χ3n) is 4.87. The number of anilines is 1. The van der Waals surface area contributed by atoms with Crippen LogP contribution in [0.25, 0.3) is 11.1 Å². The van der Waals surface area contributed by atoms with Crippen LogP contribution in [0.5, 0.6) is 0 Å². The molecular weight excluding hydrogens is 323 g/mol. The molecule has 3 heterocycles. The summed E-state index contributed by atoms with van der Waals surface area (Å²) in [4.78, 5) is 4.38. The van der Waals surface area contributed by atoms with Gasteiger partial charge in [0.05, 0.1) is 12.2 Å². The number of rotatable bonds is 5. The van der Waals surface area contributed by atoms with E-state index in [9.17, 15) is 4.39 Å². The minimum Gasteiger partial charge on any atom is -0.423 e. The standard InChI is InChI=1S/C18H19FN4O2/c19-13-3-4-14-16(7-13)25-18(21-14)22-15-5-6-24-17(15)12-8-20-23(10-12)9-11-1-2-11/h3-4,7-8,10-11,15,17H,1-2,5-6,9H2,(H,21,22)/t15-,17+/m1/s1. The number of hydrogen-bond acceptors (Lipinski definition) is 5. The molecule has 0 bridgehead atoms. The molecule has 6 nitrogen and oxygen atoms in total. The Morgan fingerprint density at radius 1 is 1.28 bits per heavy atom. The van der Waals surface area contributed by atoms with E-state index < -0.39 is 0 Å². The highest BCUT2D eigenvalue weighted by molar-refractivity contribution is 5.74. The maximum Gasteiger partial charge on any atom is 0.296 e. The van der Waals surface area contributed by atoms with Crippen molar-refractivity contribution in [1.82, 2.24) is 14.8 Å². The number of fused-ring (bicyclic) bond motifs is 1. The molecule has 1 N–H and O–H groups in total. The van der Waals surface area contributed by atoms with Gasteiger partial charge in [0, 0.05) is 31.0 Å². The molecular formula is C18H19FN4O2. The average Bonchev–Trinajstić information content (AvgIpc) is 2.99. The number of hydrogen-bond donors (Lipinski definition) is 1. The van der Waals surface area contributed by atoms with Crippen LogP contribution in [0.1, 0.15) is 30.9 Å². The highest BCUT2D eigenvalue weighted by Crippen LogP contribution is 2.34. The van der Waals surface area contributed by atoms with Crippen LogP contribution in [0.3, 0.4) is 0 Å². The van der Waals surface area contributed by atoms with E-state index in [1.54, 1.807) is 6.07 Å². The van der Waals surface area contributed by atoms with Crippen LogP contribution in [0.4, 0.5) is 10.4 Å². The zero-order valence-corrected chi connectivity index (χ0v) is 13.7. The quantitative estimate of drug-likeness (QED) is 0.768. The van der Waals surface area contributed by atoms with Crippen LogP contribution in [0, 0.1) is 11.7 Å². The fourth-order valence-electron chi connectivity index (χ4n) is 3.38. The van der Waals surface area contributed by atoms with E-state index in [0.717, 1.165) is 24.4 Å². The number of ether oxygens (including phenoxy) is 1. The molecule has 1 aromatic carbocycles. The van der Waals surface area contributed by atoms with Crippen LogP contribution in [-0.4, -0.2) is 27.4 Å². The summed E-state index contributed by atoms with van der Waals surface area (Å²) in [5, 5.41) is 7.75. The Kier molecular flexibility index (Phi) is 3.48. The summed E-state index contributed by atoms with van der Waals surface area (Å²) in [6.45, 7) is 1.66. The summed E-state index contributed by atoms with van der Waals surface area (Å²) in [5.74, 6) is 0.451. The maximum atomic E-state index is 13.3. The Balaban J connectivity index is 1.33. The number of benzene rings is 1. The monoisotopic (exact) mass is 342 g/mol. The minimum absolute atomic E-state index is 0.0523. The van der Waals surface area contributed by atoms with Gasteiger partial charge in [-0.2, -0.15) is 10.1 Å². The molecule has 1 aliphatic carbocycles. The van der Waals surface area contributed by atoms with E-state index in [1.807, 2.05) is 10.9 Å². The van der Waals surface area contributed by atoms with Crippen LogP contribution in [0.2, 0.25) is 0 Å². The van der Waals surface area contributed by atoms with Crippen LogP contribution in [-0.2, 0) is 11.3 Å². The molecule has 0 amide bonds. The van der Waals surface area contributed by atoms with E-state index in [-0.39, 0.29) is 18.0 Å². The molecule has 2 atom stereocenters. The molecule has 1 aliphatic heterocycles. The first kappa shape index (κ1) is 14.9. The van der Waals surface area contributed by atoms with Gasteiger partial charge in [-0.3, -0.25) is 4.68 Å². The SMILES string of the molecule is Fc1ccc2nc(N[C@@H]3CCO[C@H]3c3cnn(CC4CC4)c3)oc2c1. The first-order chi connectivity index (χ1) is 12.2. The molecule has 130 valence electrons. The number of oxazole rings is 1. The van der Waals surface area contributed by atoms with Gasteiger partial charge in [0.25, 0.3) is 6.01 Å². The van der Waals surface area contributed by atoms with Gasteiger partial charge in [-0.15, -0.1) is 0 Å². The molecule has 0 radical (unpaired) electrons. The lowest BCUT2D eigenvalue weighted by atomic mass is 10.1. The predicted octanol–water partition coefficient (Wildman–Crippen LogP) is 3.52. The van der Waals surface area contributed by atoms with Crippen molar-refractivity contribution in [1.29, 1.82) is 0 Å². The van der Waals surface area contributed by atoms with Crippen LogP contribution < -0.4 is 5.32 Å². The first-order valence-electron chi connectivity index (χ1n) is 8.71. The Bertz CT molecular complexity index is 902. The van der Waals surface area contributed by atoms with E-state index in [2.05, 4.69) is 21.6 Å². The third-order valence-corrected chi connectivity index (χ3v) is 4.87. The molecule has 25 heavy (non-hydrogen) atoms. The van der Waals surface area contributed by atoms with Crippen LogP contribution >= 0.6 is 0 Å². The van der Waals surface area contributed by atoms with E-state index in [1.165, 1.54) is 25.0 Å². The summed E-state index contributed by atoms with van der Waals surface area (Å²) in [6, 6.07) is 4.79. The van der Waals surface area contributed by atoms with Crippen molar-refractivity contribution in [2.24, 2.45) is 5.92 Å². The zero-order chi connectivity index (χ0) is 16.8. The van der Waals surface area contributed by atoms with Gasteiger partial charge >= 0.3 is 0 Å². The van der Waals surface area contributed by atoms with E-state index in [4.69, 9.17) is 9.15 Å². The molecule has 1 saturated carbocycles. The van der Waals surface area contributed by atoms with Crippen molar-refractivity contribution < 1.29 is 13.5 Å². The molecule has 5 rings (SSSR count). The van der Waals surface area contributed by atoms with Crippen molar-refractivity contribution in [3.63, 3.8) is 0 Å². The molecule has 3 aromatic rings. The third kappa shape index (κ3) is 3.00. The van der Waals surface area contributed by atoms with Crippen LogP contribution in [0.15, 0.2) is 35.0 Å². The number of nitrogens with one attached hydrogen (secondary N) is 1. The van der Waals surface area contributed by atoms with Gasteiger partial charge in [0.2, 0.25) is 0 Å². The van der Waals surface area contributed by atoms with Crippen molar-refractivity contribution >= 4 is 17.1 Å². The average molecular weight is 342 g/mol. The number of aromatic nitrogens is 3. The molecule has 1 saturated heterocycles. The lowest BCUT2D eigenvalue weighted by molar-refractivity contribution is 0.107. The summed E-state index contributed by atoms with van der Waals surface area (Å²) in [7, 11) is 0. The highest BCUT2D eigenvalue weighted by Gasteiger charge is 2.32. The number of halogens is 1. The lowest BCUT2D eigenvalue weighted by Gasteiger charge is -2.17. The fraction of sp³-hybridized carbons (Fsp3) is 0.444. The molecule has 0 spiro atoms. The zero-order valence-electron chi connectivity index (χ0n) is 13.7. The molecule has 0 unspecified atom stereocenters. The lowest BCUT2D eigenvalue weighted by Crippen LogP contribution is -2.23. The Hall–Kier alpha value is -2.41. The number of nitrogens with zero attached hydrogens (tertiary/aromatic N) is 3. The maximum absolute atomic E-state index is 13.3. The van der Waals surface area contributed by atoms with Gasteiger partial charge in [-0.1, -0.05) is 0 Å². The predicted molar refractivity (Wildman–Crippen MR) is 89.6 cm³/mol. The first-order valence-corrected chi connectivity index (χ1v) is 8.71. The molecule has 7 heteroatoms. The largest absolute Gasteiger partial charge is 0.423 e. The van der Waals surface area contributed by atoms with Gasteiger partial charge in [-0.25, -0.2) is 4.39 Å². The van der Waals surface area contributed by atoms with Crippen molar-refractivity contribution in [3.8, 4) is 0 Å². The normalized spacial score (nSPS) is 23.4. The van der Waals surface area contributed by atoms with Crippen molar-refractivity contribution in [3.05, 3.63) is 42.0 Å². The van der Waals surface area contributed by atoms with Gasteiger partial charge in [-0.05, 0) is 37.3 Å². The molecule has 2 fully saturated rings. The molecule has 2 aromatic heterocycles. The summed E-state index contributed by atoms with van der Waals surface area (Å²) >= 11 is 0. The Labute approximate surface area is 144 Å². The van der Waals surface area contributed by atoms with Crippen molar-refractivity contribution in [2.75, 3.05) is 11.9 Å². The second kappa shape index (κ2) is 5.84. The van der Waals surface area contributed by atoms with Gasteiger partial charge in [0.15, 0.2) is 5.58 Å². The molecule has 2 aliphatic rings.